The van der Waals surface area contributed by atoms with Crippen LogP contribution in [0.5, 0.6) is 0 Å². The number of nitrogen functional groups attached to an aromatic ring is 1. The number of hydrogen-bond acceptors (Lipinski definition) is 2. The fourth-order valence-corrected chi connectivity index (χ4v) is 3.02. The molecule has 0 amide bonds. The topological polar surface area (TPSA) is 38.9 Å². The summed E-state index contributed by atoms with van der Waals surface area (Å²) in [7, 11) is 0. The van der Waals surface area contributed by atoms with Crippen LogP contribution >= 0.6 is 0 Å². The van der Waals surface area contributed by atoms with E-state index >= 15 is 0 Å². The minimum Gasteiger partial charge on any atom is -0.397 e. The summed E-state index contributed by atoms with van der Waals surface area (Å²) in [6.45, 7) is 0. The van der Waals surface area contributed by atoms with Gasteiger partial charge in [-0.1, -0.05) is 42.5 Å². The molecule has 0 aliphatic heterocycles. The van der Waals surface area contributed by atoms with Crippen LogP contribution in [0.3, 0.4) is 0 Å². The molecule has 3 aromatic rings. The van der Waals surface area contributed by atoms with Gasteiger partial charge in [0.2, 0.25) is 0 Å². The van der Waals surface area contributed by atoms with Gasteiger partial charge in [0.1, 0.15) is 0 Å². The SMILES string of the molecule is Nc1cccnc1-c1cccc2c1Cc1ccccc1-2. The van der Waals surface area contributed by atoms with Crippen molar-refractivity contribution >= 4 is 5.69 Å². The third-order valence-corrected chi connectivity index (χ3v) is 3.94. The molecule has 96 valence electrons. The fraction of sp³-hybridized carbons (Fsp3) is 0.0556. The molecule has 1 heterocycles. The number of aromatic nitrogens is 1. The van der Waals surface area contributed by atoms with Crippen molar-refractivity contribution in [3.05, 3.63) is 71.9 Å². The number of anilines is 1. The van der Waals surface area contributed by atoms with E-state index in [1.807, 2.05) is 12.1 Å². The Kier molecular flexibility index (Phi) is 2.36. The minimum absolute atomic E-state index is 0.733. The highest BCUT2D eigenvalue weighted by Crippen LogP contribution is 2.41. The van der Waals surface area contributed by atoms with Crippen molar-refractivity contribution in [1.29, 1.82) is 0 Å². The first-order valence-electron chi connectivity index (χ1n) is 6.75. The van der Waals surface area contributed by atoms with E-state index < -0.39 is 0 Å². The van der Waals surface area contributed by atoms with E-state index in [-0.39, 0.29) is 0 Å². The van der Waals surface area contributed by atoms with Crippen LogP contribution < -0.4 is 5.73 Å². The summed E-state index contributed by atoms with van der Waals surface area (Å²) < 4.78 is 0. The molecule has 0 spiro atoms. The average Bonchev–Trinajstić information content (AvgIpc) is 2.86. The van der Waals surface area contributed by atoms with E-state index in [4.69, 9.17) is 5.73 Å². The van der Waals surface area contributed by atoms with Crippen LogP contribution in [-0.2, 0) is 6.42 Å². The molecule has 2 N–H and O–H groups in total. The Morgan fingerprint density at radius 2 is 1.60 bits per heavy atom. The van der Waals surface area contributed by atoms with Crippen LogP contribution in [0.15, 0.2) is 60.8 Å². The molecular formula is C18H14N2. The van der Waals surface area contributed by atoms with Crippen molar-refractivity contribution in [2.24, 2.45) is 0 Å². The molecule has 2 heteroatoms. The molecule has 0 bridgehead atoms. The number of pyridine rings is 1. The van der Waals surface area contributed by atoms with Crippen molar-refractivity contribution in [2.45, 2.75) is 6.42 Å². The summed E-state index contributed by atoms with van der Waals surface area (Å²) in [6, 6.07) is 18.7. The van der Waals surface area contributed by atoms with E-state index in [9.17, 15) is 0 Å². The van der Waals surface area contributed by atoms with Gasteiger partial charge in [-0.3, -0.25) is 4.98 Å². The van der Waals surface area contributed by atoms with E-state index in [0.717, 1.165) is 23.4 Å². The van der Waals surface area contributed by atoms with E-state index in [0.29, 0.717) is 0 Å². The zero-order chi connectivity index (χ0) is 13.5. The molecule has 1 aromatic heterocycles. The highest BCUT2D eigenvalue weighted by atomic mass is 14.7. The van der Waals surface area contributed by atoms with Crippen LogP contribution in [-0.4, -0.2) is 4.98 Å². The lowest BCUT2D eigenvalue weighted by atomic mass is 9.98. The zero-order valence-corrected chi connectivity index (χ0v) is 11.0. The second-order valence-electron chi connectivity index (χ2n) is 5.11. The van der Waals surface area contributed by atoms with E-state index in [1.165, 1.54) is 22.3 Å². The molecule has 1 aliphatic rings. The maximum atomic E-state index is 6.09. The Hall–Kier alpha value is -2.61. The molecule has 2 aromatic carbocycles. The molecule has 0 radical (unpaired) electrons. The summed E-state index contributed by atoms with van der Waals surface area (Å²) in [4.78, 5) is 4.46. The maximum Gasteiger partial charge on any atom is 0.0934 e. The molecule has 2 nitrogen and oxygen atoms in total. The molecule has 4 rings (SSSR count). The Morgan fingerprint density at radius 3 is 2.50 bits per heavy atom. The van der Waals surface area contributed by atoms with Gasteiger partial charge < -0.3 is 5.73 Å². The summed E-state index contributed by atoms with van der Waals surface area (Å²) >= 11 is 0. The van der Waals surface area contributed by atoms with Crippen LogP contribution in [0.25, 0.3) is 22.4 Å². The molecule has 0 saturated heterocycles. The van der Waals surface area contributed by atoms with Gasteiger partial charge in [-0.05, 0) is 40.8 Å². The van der Waals surface area contributed by atoms with Gasteiger partial charge >= 0.3 is 0 Å². The standard InChI is InChI=1S/C18H14N2/c19-17-9-4-10-20-18(17)15-8-3-7-14-13-6-2-1-5-12(13)11-16(14)15/h1-10H,11,19H2. The predicted molar refractivity (Wildman–Crippen MR) is 82.3 cm³/mol. The number of hydrogen-bond donors (Lipinski definition) is 1. The van der Waals surface area contributed by atoms with Crippen molar-refractivity contribution in [3.63, 3.8) is 0 Å². The highest BCUT2D eigenvalue weighted by molar-refractivity contribution is 5.86. The lowest BCUT2D eigenvalue weighted by Gasteiger charge is -2.09. The molecular weight excluding hydrogens is 244 g/mol. The van der Waals surface area contributed by atoms with Gasteiger partial charge in [0.15, 0.2) is 0 Å². The Balaban J connectivity index is 1.97. The second kappa shape index (κ2) is 4.20. The molecule has 1 aliphatic carbocycles. The number of benzene rings is 2. The predicted octanol–water partition coefficient (Wildman–Crippen LogP) is 3.90. The van der Waals surface area contributed by atoms with Gasteiger partial charge in [-0.15, -0.1) is 0 Å². The second-order valence-corrected chi connectivity index (χ2v) is 5.11. The molecule has 0 fully saturated rings. The van der Waals surface area contributed by atoms with Crippen molar-refractivity contribution in [1.82, 2.24) is 4.98 Å². The number of rotatable bonds is 1. The number of nitrogens with zero attached hydrogens (tertiary/aromatic N) is 1. The van der Waals surface area contributed by atoms with Crippen molar-refractivity contribution in [3.8, 4) is 22.4 Å². The molecule has 0 saturated carbocycles. The average molecular weight is 258 g/mol. The van der Waals surface area contributed by atoms with Gasteiger partial charge in [0, 0.05) is 11.8 Å². The molecule has 0 unspecified atom stereocenters. The largest absolute Gasteiger partial charge is 0.397 e. The lowest BCUT2D eigenvalue weighted by Crippen LogP contribution is -1.95. The summed E-state index contributed by atoms with van der Waals surface area (Å²) in [5, 5.41) is 0. The minimum atomic E-state index is 0.733. The first-order valence-corrected chi connectivity index (χ1v) is 6.75. The first kappa shape index (κ1) is 11.2. The Labute approximate surface area is 117 Å². The Bertz CT molecular complexity index is 806. The summed E-state index contributed by atoms with van der Waals surface area (Å²) in [5.74, 6) is 0. The van der Waals surface area contributed by atoms with Crippen LogP contribution in [0, 0.1) is 0 Å². The smallest absolute Gasteiger partial charge is 0.0934 e. The third kappa shape index (κ3) is 1.55. The van der Waals surface area contributed by atoms with Crippen molar-refractivity contribution < 1.29 is 0 Å². The van der Waals surface area contributed by atoms with Gasteiger partial charge in [0.25, 0.3) is 0 Å². The monoisotopic (exact) mass is 258 g/mol. The maximum absolute atomic E-state index is 6.09. The zero-order valence-electron chi connectivity index (χ0n) is 11.0. The Morgan fingerprint density at radius 1 is 0.800 bits per heavy atom. The first-order chi connectivity index (χ1) is 9.84. The third-order valence-electron chi connectivity index (χ3n) is 3.94. The van der Waals surface area contributed by atoms with Crippen LogP contribution in [0.1, 0.15) is 11.1 Å². The molecule has 0 atom stereocenters. The number of nitrogens with two attached hydrogens (primary N) is 1. The molecule has 20 heavy (non-hydrogen) atoms. The highest BCUT2D eigenvalue weighted by Gasteiger charge is 2.21. The van der Waals surface area contributed by atoms with Crippen molar-refractivity contribution in [2.75, 3.05) is 5.73 Å². The van der Waals surface area contributed by atoms with Gasteiger partial charge in [-0.25, -0.2) is 0 Å². The summed E-state index contributed by atoms with van der Waals surface area (Å²) in [5.41, 5.74) is 14.2. The fourth-order valence-electron chi connectivity index (χ4n) is 3.02. The quantitative estimate of drug-likeness (QED) is 0.562. The van der Waals surface area contributed by atoms with Crippen LogP contribution in [0.2, 0.25) is 0 Å². The lowest BCUT2D eigenvalue weighted by molar-refractivity contribution is 1.24. The normalized spacial score (nSPS) is 12.0. The van der Waals surface area contributed by atoms with E-state index in [2.05, 4.69) is 47.4 Å². The van der Waals surface area contributed by atoms with Gasteiger partial charge in [0.05, 0.1) is 11.4 Å². The van der Waals surface area contributed by atoms with Crippen LogP contribution in [0.4, 0.5) is 5.69 Å². The number of fused-ring (bicyclic) bond motifs is 3. The summed E-state index contributed by atoms with van der Waals surface area (Å²) in [6.07, 6.45) is 2.75. The van der Waals surface area contributed by atoms with Gasteiger partial charge in [-0.2, -0.15) is 0 Å². The van der Waals surface area contributed by atoms with E-state index in [1.54, 1.807) is 6.20 Å².